The number of benzene rings is 1. The molecule has 1 aromatic carbocycles. The van der Waals surface area contributed by atoms with Crippen LogP contribution < -0.4 is 5.32 Å². The van der Waals surface area contributed by atoms with Crippen LogP contribution >= 0.6 is 23.1 Å². The van der Waals surface area contributed by atoms with Gasteiger partial charge in [0.2, 0.25) is 5.13 Å². The molecule has 5 heteroatoms. The maximum Gasteiger partial charge on any atom is 0.206 e. The highest BCUT2D eigenvalue weighted by molar-refractivity contribution is 8.01. The van der Waals surface area contributed by atoms with Crippen molar-refractivity contribution in [2.45, 2.75) is 17.2 Å². The number of anilines is 1. The second kappa shape index (κ2) is 6.61. The minimum atomic E-state index is 0.885. The second-order valence-electron chi connectivity index (χ2n) is 3.56. The number of hydrogen-bond acceptors (Lipinski definition) is 5. The van der Waals surface area contributed by atoms with Gasteiger partial charge in [-0.2, -0.15) is 0 Å². The summed E-state index contributed by atoms with van der Waals surface area (Å²) in [7, 11) is 1.87. The van der Waals surface area contributed by atoms with Crippen molar-refractivity contribution in [2.75, 3.05) is 18.1 Å². The lowest BCUT2D eigenvalue weighted by atomic mass is 10.1. The molecule has 1 N–H and O–H groups in total. The third kappa shape index (κ3) is 4.02. The topological polar surface area (TPSA) is 37.8 Å². The van der Waals surface area contributed by atoms with E-state index < -0.39 is 0 Å². The SMILES string of the molecule is CNc1nnc(SCCCc2ccccc2)s1. The van der Waals surface area contributed by atoms with Gasteiger partial charge in [0.15, 0.2) is 4.34 Å². The fourth-order valence-electron chi connectivity index (χ4n) is 1.45. The number of rotatable bonds is 6. The highest BCUT2D eigenvalue weighted by Gasteiger charge is 2.02. The summed E-state index contributed by atoms with van der Waals surface area (Å²) in [5, 5.41) is 12.0. The first kappa shape index (κ1) is 12.4. The number of nitrogens with zero attached hydrogens (tertiary/aromatic N) is 2. The third-order valence-corrected chi connectivity index (χ3v) is 4.46. The Morgan fingerprint density at radius 2 is 2.06 bits per heavy atom. The largest absolute Gasteiger partial charge is 0.363 e. The van der Waals surface area contributed by atoms with Crippen molar-refractivity contribution in [1.29, 1.82) is 0 Å². The molecular weight excluding hydrogens is 250 g/mol. The Balaban J connectivity index is 1.69. The van der Waals surface area contributed by atoms with E-state index in [-0.39, 0.29) is 0 Å². The zero-order valence-electron chi connectivity index (χ0n) is 9.72. The monoisotopic (exact) mass is 265 g/mol. The molecule has 0 aliphatic carbocycles. The molecule has 0 amide bonds. The Hall–Kier alpha value is -1.07. The molecule has 1 aromatic heterocycles. The summed E-state index contributed by atoms with van der Waals surface area (Å²) in [6.45, 7) is 0. The Morgan fingerprint density at radius 1 is 1.24 bits per heavy atom. The van der Waals surface area contributed by atoms with E-state index in [9.17, 15) is 0 Å². The van der Waals surface area contributed by atoms with Crippen molar-refractivity contribution in [2.24, 2.45) is 0 Å². The van der Waals surface area contributed by atoms with Crippen LogP contribution in [0.2, 0.25) is 0 Å². The zero-order valence-corrected chi connectivity index (χ0v) is 11.4. The van der Waals surface area contributed by atoms with Crippen LogP contribution in [0.15, 0.2) is 34.7 Å². The predicted octanol–water partition coefficient (Wildman–Crippen LogP) is 3.30. The fraction of sp³-hybridized carbons (Fsp3) is 0.333. The van der Waals surface area contributed by atoms with Crippen molar-refractivity contribution in [3.8, 4) is 0 Å². The van der Waals surface area contributed by atoms with E-state index in [1.54, 1.807) is 23.1 Å². The Bertz CT molecular complexity index is 442. The van der Waals surface area contributed by atoms with E-state index in [1.807, 2.05) is 7.05 Å². The van der Waals surface area contributed by atoms with E-state index in [0.29, 0.717) is 0 Å². The van der Waals surface area contributed by atoms with E-state index in [4.69, 9.17) is 0 Å². The van der Waals surface area contributed by atoms with Crippen LogP contribution in [-0.2, 0) is 6.42 Å². The van der Waals surface area contributed by atoms with Crippen LogP contribution in [0.4, 0.5) is 5.13 Å². The lowest BCUT2D eigenvalue weighted by molar-refractivity contribution is 0.929. The highest BCUT2D eigenvalue weighted by atomic mass is 32.2. The number of hydrogen-bond donors (Lipinski definition) is 1. The van der Waals surface area contributed by atoms with Crippen molar-refractivity contribution in [3.63, 3.8) is 0 Å². The quantitative estimate of drug-likeness (QED) is 0.642. The molecule has 0 atom stereocenters. The molecule has 0 fully saturated rings. The van der Waals surface area contributed by atoms with E-state index in [2.05, 4.69) is 45.8 Å². The lowest BCUT2D eigenvalue weighted by Crippen LogP contribution is -1.87. The first-order chi connectivity index (χ1) is 8.38. The van der Waals surface area contributed by atoms with E-state index >= 15 is 0 Å². The Kier molecular flexibility index (Phi) is 4.82. The molecule has 0 saturated heterocycles. The van der Waals surface area contributed by atoms with Crippen molar-refractivity contribution < 1.29 is 0 Å². The molecule has 3 nitrogen and oxygen atoms in total. The summed E-state index contributed by atoms with van der Waals surface area (Å²) in [5.41, 5.74) is 1.40. The van der Waals surface area contributed by atoms with E-state index in [1.165, 1.54) is 12.0 Å². The number of aryl methyl sites for hydroxylation is 1. The molecule has 0 aliphatic heterocycles. The van der Waals surface area contributed by atoms with Crippen LogP contribution in [0.3, 0.4) is 0 Å². The minimum Gasteiger partial charge on any atom is -0.363 e. The molecule has 0 saturated carbocycles. The van der Waals surface area contributed by atoms with E-state index in [0.717, 1.165) is 21.6 Å². The van der Waals surface area contributed by atoms with Crippen molar-refractivity contribution in [3.05, 3.63) is 35.9 Å². The first-order valence-electron chi connectivity index (χ1n) is 5.56. The summed E-state index contributed by atoms with van der Waals surface area (Å²) in [5.74, 6) is 1.09. The zero-order chi connectivity index (χ0) is 11.9. The molecule has 0 bridgehead atoms. The molecule has 0 unspecified atom stereocenters. The van der Waals surface area contributed by atoms with Gasteiger partial charge in [-0.3, -0.25) is 0 Å². The number of nitrogens with one attached hydrogen (secondary N) is 1. The molecule has 17 heavy (non-hydrogen) atoms. The third-order valence-electron chi connectivity index (χ3n) is 2.30. The lowest BCUT2D eigenvalue weighted by Gasteiger charge is -1.99. The molecular formula is C12H15N3S2. The van der Waals surface area contributed by atoms with Crippen LogP contribution in [0.1, 0.15) is 12.0 Å². The molecule has 0 radical (unpaired) electrons. The molecule has 90 valence electrons. The molecule has 2 rings (SSSR count). The van der Waals surface area contributed by atoms with Gasteiger partial charge in [0, 0.05) is 12.8 Å². The first-order valence-corrected chi connectivity index (χ1v) is 7.36. The Morgan fingerprint density at radius 3 is 2.76 bits per heavy atom. The molecule has 0 spiro atoms. The minimum absolute atomic E-state index is 0.885. The highest BCUT2D eigenvalue weighted by Crippen LogP contribution is 2.25. The summed E-state index contributed by atoms with van der Waals surface area (Å²) in [4.78, 5) is 0. The van der Waals surface area contributed by atoms with Gasteiger partial charge in [0.25, 0.3) is 0 Å². The van der Waals surface area contributed by atoms with Crippen LogP contribution in [0, 0.1) is 0 Å². The summed E-state index contributed by atoms with van der Waals surface area (Å²) in [6, 6.07) is 10.6. The average molecular weight is 265 g/mol. The fourth-order valence-corrected chi connectivity index (χ4v) is 3.16. The van der Waals surface area contributed by atoms with Crippen LogP contribution in [-0.4, -0.2) is 23.0 Å². The van der Waals surface area contributed by atoms with Crippen molar-refractivity contribution in [1.82, 2.24) is 10.2 Å². The van der Waals surface area contributed by atoms with Gasteiger partial charge in [0.1, 0.15) is 0 Å². The normalized spacial score (nSPS) is 10.4. The van der Waals surface area contributed by atoms with Gasteiger partial charge < -0.3 is 5.32 Å². The van der Waals surface area contributed by atoms with Gasteiger partial charge in [-0.15, -0.1) is 10.2 Å². The average Bonchev–Trinajstić information content (AvgIpc) is 2.84. The summed E-state index contributed by atoms with van der Waals surface area (Å²) in [6.07, 6.45) is 2.30. The van der Waals surface area contributed by atoms with Gasteiger partial charge in [-0.1, -0.05) is 53.4 Å². The number of thioether (sulfide) groups is 1. The number of aromatic nitrogens is 2. The molecule has 2 aromatic rings. The summed E-state index contributed by atoms with van der Waals surface area (Å²) >= 11 is 3.39. The van der Waals surface area contributed by atoms with Gasteiger partial charge in [0.05, 0.1) is 0 Å². The van der Waals surface area contributed by atoms with Gasteiger partial charge in [-0.25, -0.2) is 0 Å². The maximum absolute atomic E-state index is 4.10. The summed E-state index contributed by atoms with van der Waals surface area (Å²) < 4.78 is 1.04. The smallest absolute Gasteiger partial charge is 0.206 e. The van der Waals surface area contributed by atoms with Gasteiger partial charge in [-0.05, 0) is 18.4 Å². The standard InChI is InChI=1S/C12H15N3S2/c1-13-11-14-15-12(17-11)16-9-5-8-10-6-3-2-4-7-10/h2-4,6-7H,5,8-9H2,1H3,(H,13,14). The molecule has 1 heterocycles. The van der Waals surface area contributed by atoms with Crippen LogP contribution in [0.5, 0.6) is 0 Å². The van der Waals surface area contributed by atoms with Crippen molar-refractivity contribution >= 4 is 28.2 Å². The van der Waals surface area contributed by atoms with Gasteiger partial charge >= 0.3 is 0 Å². The Labute approximate surface area is 110 Å². The van der Waals surface area contributed by atoms with Crippen LogP contribution in [0.25, 0.3) is 0 Å². The maximum atomic E-state index is 4.10. The second-order valence-corrected chi connectivity index (χ2v) is 5.88. The predicted molar refractivity (Wildman–Crippen MR) is 74.9 cm³/mol. The molecule has 0 aliphatic rings.